The fourth-order valence-electron chi connectivity index (χ4n) is 1.65. The second-order valence-electron chi connectivity index (χ2n) is 3.85. The van der Waals surface area contributed by atoms with Gasteiger partial charge in [-0.05, 0) is 12.5 Å². The molecule has 0 aliphatic carbocycles. The van der Waals surface area contributed by atoms with Crippen molar-refractivity contribution in [1.29, 1.82) is 0 Å². The van der Waals surface area contributed by atoms with Crippen molar-refractivity contribution in [2.24, 2.45) is 0 Å². The molecule has 0 fully saturated rings. The molecule has 4 nitrogen and oxygen atoms in total. The van der Waals surface area contributed by atoms with Gasteiger partial charge in [-0.2, -0.15) is 0 Å². The van der Waals surface area contributed by atoms with Crippen LogP contribution in [0.2, 0.25) is 0 Å². The Kier molecular flexibility index (Phi) is 3.65. The Balaban J connectivity index is 2.26. The third kappa shape index (κ3) is 2.58. The first-order chi connectivity index (χ1) is 8.33. The second-order valence-corrected chi connectivity index (χ2v) is 3.85. The molecule has 1 aromatic heterocycles. The zero-order chi connectivity index (χ0) is 12.1. The molecule has 0 aliphatic rings. The number of unbranched alkanes of at least 4 members (excludes halogenated alkanes) is 1. The zero-order valence-electron chi connectivity index (χ0n) is 9.81. The van der Waals surface area contributed by atoms with E-state index in [1.165, 1.54) is 6.33 Å². The third-order valence-corrected chi connectivity index (χ3v) is 2.57. The van der Waals surface area contributed by atoms with Gasteiger partial charge in [-0.1, -0.05) is 31.5 Å². The van der Waals surface area contributed by atoms with Crippen LogP contribution in [0.25, 0.3) is 10.9 Å². The average Bonchev–Trinajstić information content (AvgIpc) is 2.38. The van der Waals surface area contributed by atoms with E-state index >= 15 is 0 Å². The molecular formula is C13H15N3O. The van der Waals surface area contributed by atoms with Gasteiger partial charge in [0.05, 0.1) is 5.52 Å². The highest BCUT2D eigenvalue weighted by Crippen LogP contribution is 2.13. The lowest BCUT2D eigenvalue weighted by atomic mass is 10.2. The molecule has 0 atom stereocenters. The molecule has 2 rings (SSSR count). The highest BCUT2D eigenvalue weighted by Gasteiger charge is 2.10. The monoisotopic (exact) mass is 229 g/mol. The van der Waals surface area contributed by atoms with Crippen LogP contribution in [0, 0.1) is 0 Å². The molecule has 1 aromatic carbocycles. The third-order valence-electron chi connectivity index (χ3n) is 2.57. The summed E-state index contributed by atoms with van der Waals surface area (Å²) in [5, 5.41) is 3.66. The van der Waals surface area contributed by atoms with Gasteiger partial charge in [0.25, 0.3) is 5.91 Å². The van der Waals surface area contributed by atoms with E-state index in [1.54, 1.807) is 0 Å². The Hall–Kier alpha value is -1.97. The van der Waals surface area contributed by atoms with Crippen LogP contribution in [-0.4, -0.2) is 22.4 Å². The van der Waals surface area contributed by atoms with E-state index in [1.807, 2.05) is 24.3 Å². The second kappa shape index (κ2) is 5.39. The summed E-state index contributed by atoms with van der Waals surface area (Å²) in [4.78, 5) is 20.1. The van der Waals surface area contributed by atoms with Crippen molar-refractivity contribution >= 4 is 16.8 Å². The summed E-state index contributed by atoms with van der Waals surface area (Å²) in [6.07, 6.45) is 3.47. The van der Waals surface area contributed by atoms with Crippen molar-refractivity contribution in [3.8, 4) is 0 Å². The maximum Gasteiger partial charge on any atom is 0.270 e. The Bertz CT molecular complexity index is 520. The average molecular weight is 229 g/mol. The quantitative estimate of drug-likeness (QED) is 0.817. The number of hydrogen-bond acceptors (Lipinski definition) is 3. The molecule has 1 heterocycles. The molecule has 1 N–H and O–H groups in total. The van der Waals surface area contributed by atoms with Crippen LogP contribution in [-0.2, 0) is 0 Å². The number of rotatable bonds is 4. The van der Waals surface area contributed by atoms with E-state index in [0.717, 1.165) is 23.7 Å². The molecule has 0 aliphatic heterocycles. The number of hydrogen-bond donors (Lipinski definition) is 1. The number of carbonyl (C=O) groups excluding carboxylic acids is 1. The van der Waals surface area contributed by atoms with Gasteiger partial charge in [0.2, 0.25) is 0 Å². The minimum atomic E-state index is -0.128. The number of carbonyl (C=O) groups is 1. The van der Waals surface area contributed by atoms with Gasteiger partial charge in [-0.15, -0.1) is 0 Å². The summed E-state index contributed by atoms with van der Waals surface area (Å²) in [6, 6.07) is 7.52. The molecule has 0 radical (unpaired) electrons. The van der Waals surface area contributed by atoms with Gasteiger partial charge in [-0.3, -0.25) is 4.79 Å². The SMILES string of the molecule is CCCCNC(=O)c1ncnc2ccccc12. The lowest BCUT2D eigenvalue weighted by Crippen LogP contribution is -2.25. The van der Waals surface area contributed by atoms with E-state index in [4.69, 9.17) is 0 Å². The van der Waals surface area contributed by atoms with Gasteiger partial charge in [0.15, 0.2) is 0 Å². The predicted octanol–water partition coefficient (Wildman–Crippen LogP) is 2.16. The maximum atomic E-state index is 11.9. The van der Waals surface area contributed by atoms with Gasteiger partial charge in [0, 0.05) is 11.9 Å². The van der Waals surface area contributed by atoms with Gasteiger partial charge in [-0.25, -0.2) is 9.97 Å². The predicted molar refractivity (Wildman–Crippen MR) is 66.8 cm³/mol. The highest BCUT2D eigenvalue weighted by molar-refractivity contribution is 6.04. The van der Waals surface area contributed by atoms with E-state index < -0.39 is 0 Å². The molecule has 0 spiro atoms. The fraction of sp³-hybridized carbons (Fsp3) is 0.308. The largest absolute Gasteiger partial charge is 0.351 e. The number of fused-ring (bicyclic) bond motifs is 1. The molecule has 0 unspecified atom stereocenters. The van der Waals surface area contributed by atoms with E-state index in [9.17, 15) is 4.79 Å². The number of amides is 1. The van der Waals surface area contributed by atoms with Crippen LogP contribution in [0.3, 0.4) is 0 Å². The van der Waals surface area contributed by atoms with Crippen LogP contribution in [0.4, 0.5) is 0 Å². The first-order valence-corrected chi connectivity index (χ1v) is 5.81. The smallest absolute Gasteiger partial charge is 0.270 e. The number of para-hydroxylation sites is 1. The first-order valence-electron chi connectivity index (χ1n) is 5.81. The normalized spacial score (nSPS) is 10.4. The molecular weight excluding hydrogens is 214 g/mol. The Morgan fingerprint density at radius 2 is 2.12 bits per heavy atom. The molecule has 17 heavy (non-hydrogen) atoms. The molecule has 88 valence electrons. The molecule has 4 heteroatoms. The molecule has 0 bridgehead atoms. The van der Waals surface area contributed by atoms with E-state index in [0.29, 0.717) is 12.2 Å². The van der Waals surface area contributed by atoms with Gasteiger partial charge in [0.1, 0.15) is 12.0 Å². The van der Waals surface area contributed by atoms with Crippen LogP contribution >= 0.6 is 0 Å². The number of aromatic nitrogens is 2. The zero-order valence-corrected chi connectivity index (χ0v) is 9.81. The lowest BCUT2D eigenvalue weighted by Gasteiger charge is -2.05. The summed E-state index contributed by atoms with van der Waals surface area (Å²) in [5.74, 6) is -0.128. The van der Waals surface area contributed by atoms with Crippen LogP contribution in [0.15, 0.2) is 30.6 Å². The molecule has 1 amide bonds. The van der Waals surface area contributed by atoms with Crippen molar-refractivity contribution in [3.63, 3.8) is 0 Å². The molecule has 2 aromatic rings. The first kappa shape index (κ1) is 11.5. The minimum Gasteiger partial charge on any atom is -0.351 e. The topological polar surface area (TPSA) is 54.9 Å². The lowest BCUT2D eigenvalue weighted by molar-refractivity contribution is 0.0950. The number of nitrogens with zero attached hydrogens (tertiary/aromatic N) is 2. The number of nitrogens with one attached hydrogen (secondary N) is 1. The van der Waals surface area contributed by atoms with Crippen LogP contribution in [0.5, 0.6) is 0 Å². The van der Waals surface area contributed by atoms with Crippen molar-refractivity contribution in [2.75, 3.05) is 6.54 Å². The number of benzene rings is 1. The van der Waals surface area contributed by atoms with E-state index in [2.05, 4.69) is 22.2 Å². The molecule has 0 saturated carbocycles. The summed E-state index contributed by atoms with van der Waals surface area (Å²) < 4.78 is 0. The minimum absolute atomic E-state index is 0.128. The van der Waals surface area contributed by atoms with Crippen molar-refractivity contribution < 1.29 is 4.79 Å². The molecule has 0 saturated heterocycles. The Morgan fingerprint density at radius 1 is 1.29 bits per heavy atom. The fourth-order valence-corrected chi connectivity index (χ4v) is 1.65. The van der Waals surface area contributed by atoms with Gasteiger partial charge < -0.3 is 5.32 Å². The van der Waals surface area contributed by atoms with Crippen molar-refractivity contribution in [3.05, 3.63) is 36.3 Å². The van der Waals surface area contributed by atoms with E-state index in [-0.39, 0.29) is 5.91 Å². The standard InChI is InChI=1S/C13H15N3O/c1-2-3-8-14-13(17)12-10-6-4-5-7-11(10)15-9-16-12/h4-7,9H,2-3,8H2,1H3,(H,14,17). The summed E-state index contributed by atoms with van der Waals surface area (Å²) in [6.45, 7) is 2.78. The van der Waals surface area contributed by atoms with Gasteiger partial charge >= 0.3 is 0 Å². The maximum absolute atomic E-state index is 11.9. The van der Waals surface area contributed by atoms with Crippen molar-refractivity contribution in [1.82, 2.24) is 15.3 Å². The summed E-state index contributed by atoms with van der Waals surface area (Å²) in [7, 11) is 0. The van der Waals surface area contributed by atoms with Crippen molar-refractivity contribution in [2.45, 2.75) is 19.8 Å². The highest BCUT2D eigenvalue weighted by atomic mass is 16.1. The van der Waals surface area contributed by atoms with Crippen LogP contribution < -0.4 is 5.32 Å². The Morgan fingerprint density at radius 3 is 2.94 bits per heavy atom. The Labute approximate surface area is 100 Å². The summed E-state index contributed by atoms with van der Waals surface area (Å²) >= 11 is 0. The summed E-state index contributed by atoms with van der Waals surface area (Å²) in [5.41, 5.74) is 1.25. The van der Waals surface area contributed by atoms with Crippen LogP contribution in [0.1, 0.15) is 30.3 Å².